The summed E-state index contributed by atoms with van der Waals surface area (Å²) in [4.78, 5) is 15.5. The second kappa shape index (κ2) is 15.7. The highest BCUT2D eigenvalue weighted by Gasteiger charge is 2.45. The van der Waals surface area contributed by atoms with Crippen LogP contribution >= 0.6 is 0 Å². The second-order valence-corrected chi connectivity index (χ2v) is 17.4. The maximum absolute atomic E-state index is 9.58. The van der Waals surface area contributed by atoms with E-state index in [-0.39, 0.29) is 0 Å². The van der Waals surface area contributed by atoms with Crippen LogP contribution in [-0.2, 0) is 5.41 Å². The van der Waals surface area contributed by atoms with E-state index in [0.29, 0.717) is 23.0 Å². The Morgan fingerprint density at radius 3 is 1.54 bits per heavy atom. The van der Waals surface area contributed by atoms with Gasteiger partial charge in [-0.2, -0.15) is 5.26 Å². The zero-order valence-electron chi connectivity index (χ0n) is 36.6. The van der Waals surface area contributed by atoms with Crippen LogP contribution in [0.3, 0.4) is 0 Å². The zero-order chi connectivity index (χ0) is 45.2. The lowest BCUT2D eigenvalue weighted by molar-refractivity contribution is 0.435. The lowest BCUT2D eigenvalue weighted by atomic mass is 9.63. The normalized spacial score (nSPS) is 12.6. The summed E-state index contributed by atoms with van der Waals surface area (Å²) in [6.07, 6.45) is 0. The Kier molecular flexibility index (Phi) is 9.06. The van der Waals surface area contributed by atoms with Crippen molar-refractivity contribution in [3.05, 3.63) is 258 Å². The summed E-state index contributed by atoms with van der Waals surface area (Å²) in [5.41, 5.74) is 16.3. The summed E-state index contributed by atoms with van der Waals surface area (Å²) in [5, 5.41) is 11.9. The highest BCUT2D eigenvalue weighted by atomic mass is 16.5. The molecular formula is C63H38N4O. The molecule has 2 heterocycles. The number of rotatable bonds is 7. The molecule has 0 saturated heterocycles. The molecule has 316 valence electrons. The van der Waals surface area contributed by atoms with Gasteiger partial charge in [0.05, 0.1) is 17.0 Å². The Morgan fingerprint density at radius 2 is 0.853 bits per heavy atom. The molecule has 0 radical (unpaired) electrons. The summed E-state index contributed by atoms with van der Waals surface area (Å²) in [5.74, 6) is 3.36. The van der Waals surface area contributed by atoms with E-state index in [2.05, 4.69) is 206 Å². The third kappa shape index (κ3) is 6.20. The van der Waals surface area contributed by atoms with Gasteiger partial charge in [-0.1, -0.05) is 176 Å². The average molecular weight is 867 g/mol. The van der Waals surface area contributed by atoms with Gasteiger partial charge in [-0.25, -0.2) is 15.0 Å². The van der Waals surface area contributed by atoms with E-state index in [1.54, 1.807) is 12.1 Å². The average Bonchev–Trinajstić information content (AvgIpc) is 3.75. The van der Waals surface area contributed by atoms with Crippen LogP contribution < -0.4 is 4.74 Å². The molecule has 0 unspecified atom stereocenters. The molecule has 0 amide bonds. The fourth-order valence-electron chi connectivity index (χ4n) is 10.6. The molecule has 0 bridgehead atoms. The number of benzene rings is 10. The summed E-state index contributed by atoms with van der Waals surface area (Å²) >= 11 is 0. The largest absolute Gasteiger partial charge is 0.457 e. The SMILES string of the molecule is N#Cc1ccc(-c2nc(-c3cccc(-c4cccc(-c5ccc6c(c5)Oc5ccccc5C6(c5ccccc5)c5ccccc5)c4)c3)nc(-c3ccc4c5c(cccc35)-c3ccccc3-4)n2)cc1. The predicted octanol–water partition coefficient (Wildman–Crippen LogP) is 15.4. The molecule has 68 heavy (non-hydrogen) atoms. The highest BCUT2D eigenvalue weighted by Crippen LogP contribution is 2.56. The molecule has 0 saturated carbocycles. The quantitative estimate of drug-likeness (QED) is 0.160. The van der Waals surface area contributed by atoms with Gasteiger partial charge in [0, 0.05) is 27.8 Å². The van der Waals surface area contributed by atoms with Crippen LogP contribution in [0.4, 0.5) is 0 Å². The molecule has 0 spiro atoms. The minimum atomic E-state index is -0.581. The smallest absolute Gasteiger partial charge is 0.164 e. The Labute approximate surface area is 394 Å². The first kappa shape index (κ1) is 39.2. The van der Waals surface area contributed by atoms with Crippen molar-refractivity contribution >= 4 is 10.8 Å². The van der Waals surface area contributed by atoms with Gasteiger partial charge in [0.15, 0.2) is 17.5 Å². The number of hydrogen-bond acceptors (Lipinski definition) is 5. The van der Waals surface area contributed by atoms with Crippen LogP contribution in [0.25, 0.3) is 89.4 Å². The summed E-state index contributed by atoms with van der Waals surface area (Å²) in [6.45, 7) is 0. The Bertz CT molecular complexity index is 3770. The molecule has 0 atom stereocenters. The first-order chi connectivity index (χ1) is 33.6. The van der Waals surface area contributed by atoms with Crippen molar-refractivity contribution in [2.24, 2.45) is 0 Å². The summed E-state index contributed by atoms with van der Waals surface area (Å²) in [7, 11) is 0. The predicted molar refractivity (Wildman–Crippen MR) is 272 cm³/mol. The van der Waals surface area contributed by atoms with Crippen LogP contribution in [0.1, 0.15) is 27.8 Å². The van der Waals surface area contributed by atoms with Gasteiger partial charge in [-0.3, -0.25) is 0 Å². The molecule has 0 fully saturated rings. The van der Waals surface area contributed by atoms with Gasteiger partial charge >= 0.3 is 0 Å². The third-order valence-corrected chi connectivity index (χ3v) is 13.7. The van der Waals surface area contributed by atoms with Gasteiger partial charge < -0.3 is 4.74 Å². The highest BCUT2D eigenvalue weighted by molar-refractivity contribution is 6.18. The molecule has 5 heteroatoms. The van der Waals surface area contributed by atoms with E-state index >= 15 is 0 Å². The van der Waals surface area contributed by atoms with Gasteiger partial charge in [0.25, 0.3) is 0 Å². The first-order valence-corrected chi connectivity index (χ1v) is 22.8. The molecule has 10 aromatic carbocycles. The fourth-order valence-corrected chi connectivity index (χ4v) is 10.6. The maximum atomic E-state index is 9.58. The number of fused-ring (bicyclic) bond motifs is 5. The standard InChI is InChI=1S/C63H38N4O/c64-39-40-28-30-41(31-29-40)60-65-61(67-62(66-60)54-34-33-53-50-23-8-7-22-49(50)51-24-13-25-52(54)59(51)53)46-17-12-16-44(37-46)42-14-11-15-43(36-42)45-32-35-56-58(38-45)68-57-27-10-9-26-55(57)63(56,47-18-3-1-4-19-47)48-20-5-2-6-21-48/h1-38H. The summed E-state index contributed by atoms with van der Waals surface area (Å²) in [6, 6.07) is 82.7. The molecule has 1 aliphatic heterocycles. The molecule has 0 N–H and O–H groups in total. The fraction of sp³-hybridized carbons (Fsp3) is 0.0159. The molecule has 13 rings (SSSR count). The van der Waals surface area contributed by atoms with Crippen molar-refractivity contribution < 1.29 is 4.74 Å². The van der Waals surface area contributed by atoms with E-state index < -0.39 is 5.41 Å². The van der Waals surface area contributed by atoms with E-state index in [9.17, 15) is 5.26 Å². The zero-order valence-corrected chi connectivity index (χ0v) is 36.6. The van der Waals surface area contributed by atoms with Crippen molar-refractivity contribution in [2.45, 2.75) is 5.41 Å². The van der Waals surface area contributed by atoms with E-state index in [0.717, 1.165) is 67.0 Å². The maximum Gasteiger partial charge on any atom is 0.164 e. The monoisotopic (exact) mass is 866 g/mol. The molecule has 5 nitrogen and oxygen atoms in total. The van der Waals surface area contributed by atoms with Crippen molar-refractivity contribution in [1.82, 2.24) is 15.0 Å². The van der Waals surface area contributed by atoms with Crippen molar-refractivity contribution in [1.29, 1.82) is 5.26 Å². The molecule has 2 aliphatic rings. The van der Waals surface area contributed by atoms with Crippen molar-refractivity contribution in [3.63, 3.8) is 0 Å². The Balaban J connectivity index is 0.910. The van der Waals surface area contributed by atoms with Crippen LogP contribution in [0.5, 0.6) is 11.5 Å². The van der Waals surface area contributed by atoms with Gasteiger partial charge in [-0.15, -0.1) is 0 Å². The minimum Gasteiger partial charge on any atom is -0.457 e. The van der Waals surface area contributed by atoms with Gasteiger partial charge in [-0.05, 0) is 121 Å². The second-order valence-electron chi connectivity index (χ2n) is 17.4. The summed E-state index contributed by atoms with van der Waals surface area (Å²) < 4.78 is 6.83. The number of hydrogen-bond donors (Lipinski definition) is 0. The molecule has 1 aliphatic carbocycles. The number of nitrogens with zero attached hydrogens (tertiary/aromatic N) is 4. The van der Waals surface area contributed by atoms with Crippen LogP contribution in [-0.4, -0.2) is 15.0 Å². The van der Waals surface area contributed by atoms with Crippen molar-refractivity contribution in [3.8, 4) is 96.2 Å². The third-order valence-electron chi connectivity index (χ3n) is 13.7. The number of aromatic nitrogens is 3. The molecule has 1 aromatic heterocycles. The van der Waals surface area contributed by atoms with Gasteiger partial charge in [0.1, 0.15) is 11.5 Å². The van der Waals surface area contributed by atoms with Crippen LogP contribution in [0.15, 0.2) is 231 Å². The molecular weight excluding hydrogens is 829 g/mol. The minimum absolute atomic E-state index is 0.536. The molecule has 11 aromatic rings. The lowest BCUT2D eigenvalue weighted by Gasteiger charge is -2.41. The van der Waals surface area contributed by atoms with Gasteiger partial charge in [0.2, 0.25) is 0 Å². The Morgan fingerprint density at radius 1 is 0.353 bits per heavy atom. The van der Waals surface area contributed by atoms with E-state index in [1.165, 1.54) is 38.8 Å². The number of para-hydroxylation sites is 1. The Hall–Kier alpha value is -9.24. The van der Waals surface area contributed by atoms with E-state index in [4.69, 9.17) is 19.7 Å². The van der Waals surface area contributed by atoms with Crippen LogP contribution in [0, 0.1) is 11.3 Å². The first-order valence-electron chi connectivity index (χ1n) is 22.8. The lowest BCUT2D eigenvalue weighted by Crippen LogP contribution is -2.34. The van der Waals surface area contributed by atoms with E-state index in [1.807, 2.05) is 18.2 Å². The number of nitriles is 1. The topological polar surface area (TPSA) is 71.7 Å². The number of ether oxygens (including phenoxy) is 1. The van der Waals surface area contributed by atoms with Crippen molar-refractivity contribution in [2.75, 3.05) is 0 Å². The van der Waals surface area contributed by atoms with Crippen LogP contribution in [0.2, 0.25) is 0 Å².